The van der Waals surface area contributed by atoms with E-state index in [-0.39, 0.29) is 11.8 Å². The van der Waals surface area contributed by atoms with Crippen LogP contribution < -0.4 is 5.32 Å². The lowest BCUT2D eigenvalue weighted by Crippen LogP contribution is -2.33. The first-order chi connectivity index (χ1) is 7.75. The maximum Gasteiger partial charge on any atom is 0.223 e. The first-order valence-electron chi connectivity index (χ1n) is 5.35. The molecule has 0 aliphatic carbocycles. The highest BCUT2D eigenvalue weighted by Gasteiger charge is 2.21. The number of carbonyl (C=O) groups excluding carboxylic acids is 1. The van der Waals surface area contributed by atoms with Crippen molar-refractivity contribution in [1.29, 1.82) is 0 Å². The second-order valence-electron chi connectivity index (χ2n) is 3.81. The van der Waals surface area contributed by atoms with E-state index in [0.29, 0.717) is 19.8 Å². The second kappa shape index (κ2) is 5.66. The summed E-state index contributed by atoms with van der Waals surface area (Å²) in [6, 6.07) is 3.79. The number of carbonyl (C=O) groups is 1. The fraction of sp³-hybridized carbons (Fsp3) is 0.545. The zero-order chi connectivity index (χ0) is 11.4. The van der Waals surface area contributed by atoms with E-state index in [1.807, 2.05) is 12.1 Å². The van der Waals surface area contributed by atoms with Gasteiger partial charge in [-0.15, -0.1) is 11.3 Å². The largest absolute Gasteiger partial charge is 0.381 e. The number of rotatable bonds is 3. The normalized spacial score (nSPS) is 17.3. The van der Waals surface area contributed by atoms with Gasteiger partial charge in [0, 0.05) is 24.0 Å². The van der Waals surface area contributed by atoms with E-state index in [1.165, 1.54) is 11.3 Å². The van der Waals surface area contributed by atoms with Crippen molar-refractivity contribution in [2.45, 2.75) is 19.4 Å². The Bertz CT molecular complexity index is 361. The number of hydrogen-bond donors (Lipinski definition) is 1. The highest BCUT2D eigenvalue weighted by molar-refractivity contribution is 7.16. The molecule has 0 saturated carbocycles. The predicted molar refractivity (Wildman–Crippen MR) is 64.7 cm³/mol. The SMILES string of the molecule is O=C(NCc1ccc(Cl)s1)C1CCOCC1. The number of ether oxygens (including phenoxy) is 1. The van der Waals surface area contributed by atoms with Crippen molar-refractivity contribution in [3.05, 3.63) is 21.3 Å². The monoisotopic (exact) mass is 259 g/mol. The molecule has 1 N–H and O–H groups in total. The van der Waals surface area contributed by atoms with E-state index in [1.54, 1.807) is 0 Å². The molecular weight excluding hydrogens is 246 g/mol. The topological polar surface area (TPSA) is 38.3 Å². The van der Waals surface area contributed by atoms with Gasteiger partial charge in [0.05, 0.1) is 10.9 Å². The van der Waals surface area contributed by atoms with Crippen LogP contribution in [0.3, 0.4) is 0 Å². The summed E-state index contributed by atoms with van der Waals surface area (Å²) < 4.78 is 5.98. The Kier molecular flexibility index (Phi) is 4.21. The standard InChI is InChI=1S/C11H14ClNO2S/c12-10-2-1-9(16-10)7-13-11(14)8-3-5-15-6-4-8/h1-2,8H,3-7H2,(H,13,14). The summed E-state index contributed by atoms with van der Waals surface area (Å²) in [5.41, 5.74) is 0. The third-order valence-electron chi connectivity index (χ3n) is 2.66. The van der Waals surface area contributed by atoms with Gasteiger partial charge in [-0.3, -0.25) is 4.79 Å². The summed E-state index contributed by atoms with van der Waals surface area (Å²) in [6.45, 7) is 1.97. The van der Waals surface area contributed by atoms with Gasteiger partial charge in [-0.2, -0.15) is 0 Å². The maximum absolute atomic E-state index is 11.8. The van der Waals surface area contributed by atoms with Crippen molar-refractivity contribution in [2.75, 3.05) is 13.2 Å². The van der Waals surface area contributed by atoms with Crippen LogP contribution >= 0.6 is 22.9 Å². The van der Waals surface area contributed by atoms with Crippen molar-refractivity contribution in [3.8, 4) is 0 Å². The Morgan fingerprint density at radius 3 is 2.88 bits per heavy atom. The summed E-state index contributed by atoms with van der Waals surface area (Å²) in [4.78, 5) is 12.9. The number of thiophene rings is 1. The van der Waals surface area contributed by atoms with Gasteiger partial charge in [-0.05, 0) is 25.0 Å². The number of hydrogen-bond acceptors (Lipinski definition) is 3. The molecule has 1 saturated heterocycles. The molecule has 5 heteroatoms. The Morgan fingerprint density at radius 2 is 2.25 bits per heavy atom. The first-order valence-corrected chi connectivity index (χ1v) is 6.55. The van der Waals surface area contributed by atoms with Crippen LogP contribution in [0.2, 0.25) is 4.34 Å². The Morgan fingerprint density at radius 1 is 1.50 bits per heavy atom. The fourth-order valence-corrected chi connectivity index (χ4v) is 2.75. The van der Waals surface area contributed by atoms with Crippen LogP contribution in [0.1, 0.15) is 17.7 Å². The molecule has 0 radical (unpaired) electrons. The first kappa shape index (κ1) is 11.9. The van der Waals surface area contributed by atoms with Gasteiger partial charge in [-0.1, -0.05) is 11.6 Å². The molecular formula is C11H14ClNO2S. The van der Waals surface area contributed by atoms with Crippen molar-refractivity contribution >= 4 is 28.8 Å². The summed E-state index contributed by atoms with van der Waals surface area (Å²) >= 11 is 7.32. The molecule has 0 atom stereocenters. The van der Waals surface area contributed by atoms with E-state index >= 15 is 0 Å². The zero-order valence-corrected chi connectivity index (χ0v) is 10.4. The molecule has 3 nitrogen and oxygen atoms in total. The van der Waals surface area contributed by atoms with E-state index < -0.39 is 0 Å². The molecule has 2 heterocycles. The van der Waals surface area contributed by atoms with Gasteiger partial charge >= 0.3 is 0 Å². The Balaban J connectivity index is 1.78. The fourth-order valence-electron chi connectivity index (χ4n) is 1.73. The smallest absolute Gasteiger partial charge is 0.223 e. The minimum Gasteiger partial charge on any atom is -0.381 e. The van der Waals surface area contributed by atoms with E-state index in [4.69, 9.17) is 16.3 Å². The van der Waals surface area contributed by atoms with Gasteiger partial charge in [0.1, 0.15) is 0 Å². The average Bonchev–Trinajstić information content (AvgIpc) is 2.73. The molecule has 1 aromatic heterocycles. The van der Waals surface area contributed by atoms with Crippen molar-refractivity contribution in [3.63, 3.8) is 0 Å². The molecule has 1 aromatic rings. The van der Waals surface area contributed by atoms with Crippen LogP contribution in [0.5, 0.6) is 0 Å². The van der Waals surface area contributed by atoms with Crippen molar-refractivity contribution < 1.29 is 9.53 Å². The molecule has 1 fully saturated rings. The lowest BCUT2D eigenvalue weighted by Gasteiger charge is -2.20. The van der Waals surface area contributed by atoms with Gasteiger partial charge in [0.25, 0.3) is 0 Å². The highest BCUT2D eigenvalue weighted by atomic mass is 35.5. The quantitative estimate of drug-likeness (QED) is 0.906. The minimum absolute atomic E-state index is 0.115. The molecule has 0 spiro atoms. The van der Waals surface area contributed by atoms with Gasteiger partial charge in [0.15, 0.2) is 0 Å². The third-order valence-corrected chi connectivity index (χ3v) is 3.89. The van der Waals surface area contributed by atoms with Crippen LogP contribution in [-0.4, -0.2) is 19.1 Å². The summed E-state index contributed by atoms with van der Waals surface area (Å²) in [6.07, 6.45) is 1.66. The zero-order valence-electron chi connectivity index (χ0n) is 8.87. The highest BCUT2D eigenvalue weighted by Crippen LogP contribution is 2.21. The van der Waals surface area contributed by atoms with Crippen molar-refractivity contribution in [2.24, 2.45) is 5.92 Å². The van der Waals surface area contributed by atoms with E-state index in [9.17, 15) is 4.79 Å². The number of amides is 1. The Labute approximate surface area is 104 Å². The lowest BCUT2D eigenvalue weighted by atomic mass is 9.99. The molecule has 88 valence electrons. The summed E-state index contributed by atoms with van der Waals surface area (Å²) in [5.74, 6) is 0.247. The molecule has 1 aliphatic heterocycles. The third kappa shape index (κ3) is 3.20. The maximum atomic E-state index is 11.8. The predicted octanol–water partition coefficient (Wildman–Crippen LogP) is 2.44. The molecule has 1 amide bonds. The van der Waals surface area contributed by atoms with Crippen LogP contribution in [0.15, 0.2) is 12.1 Å². The molecule has 16 heavy (non-hydrogen) atoms. The summed E-state index contributed by atoms with van der Waals surface area (Å²) in [5, 5.41) is 2.94. The number of nitrogens with one attached hydrogen (secondary N) is 1. The van der Waals surface area contributed by atoms with Crippen LogP contribution in [0.4, 0.5) is 0 Å². The van der Waals surface area contributed by atoms with Gasteiger partial charge in [0.2, 0.25) is 5.91 Å². The molecule has 0 bridgehead atoms. The Hall–Kier alpha value is -0.580. The molecule has 2 rings (SSSR count). The van der Waals surface area contributed by atoms with Crippen molar-refractivity contribution in [1.82, 2.24) is 5.32 Å². The van der Waals surface area contributed by atoms with Crippen LogP contribution in [0.25, 0.3) is 0 Å². The molecule has 0 unspecified atom stereocenters. The molecule has 0 aromatic carbocycles. The number of halogens is 1. The summed E-state index contributed by atoms with van der Waals surface area (Å²) in [7, 11) is 0. The molecule has 1 aliphatic rings. The van der Waals surface area contributed by atoms with Gasteiger partial charge in [-0.25, -0.2) is 0 Å². The minimum atomic E-state index is 0.115. The van der Waals surface area contributed by atoms with Gasteiger partial charge < -0.3 is 10.1 Å². The van der Waals surface area contributed by atoms with Crippen LogP contribution in [0, 0.1) is 5.92 Å². The van der Waals surface area contributed by atoms with E-state index in [0.717, 1.165) is 22.1 Å². The van der Waals surface area contributed by atoms with Crippen LogP contribution in [-0.2, 0) is 16.1 Å². The second-order valence-corrected chi connectivity index (χ2v) is 5.61. The lowest BCUT2D eigenvalue weighted by molar-refractivity contribution is -0.127. The van der Waals surface area contributed by atoms with E-state index in [2.05, 4.69) is 5.32 Å². The average molecular weight is 260 g/mol.